The number of rotatable bonds is 5. The molecule has 4 nitrogen and oxygen atoms in total. The lowest BCUT2D eigenvalue weighted by Gasteiger charge is -2.41. The van der Waals surface area contributed by atoms with Crippen LogP contribution in [0.1, 0.15) is 47.1 Å². The Morgan fingerprint density at radius 1 is 0.604 bits per heavy atom. The molecule has 9 rings (SSSR count). The average molecular weight is 690 g/mol. The number of nitrogens with zero attached hydrogens (tertiary/aromatic N) is 3. The Labute approximate surface area is 315 Å². The normalized spacial score (nSPS) is 18.2. The summed E-state index contributed by atoms with van der Waals surface area (Å²) in [5.74, 6) is 0.194. The molecule has 0 saturated carbocycles. The van der Waals surface area contributed by atoms with Crippen LogP contribution in [0.15, 0.2) is 158 Å². The van der Waals surface area contributed by atoms with Crippen LogP contribution in [0.5, 0.6) is 0 Å². The number of nitrogens with one attached hydrogen (secondary N) is 1. The van der Waals surface area contributed by atoms with Gasteiger partial charge in [0.2, 0.25) is 5.72 Å². The van der Waals surface area contributed by atoms with E-state index < -0.39 is 0 Å². The van der Waals surface area contributed by atoms with Gasteiger partial charge in [0.15, 0.2) is 0 Å². The maximum atomic E-state index is 4.33. The lowest BCUT2D eigenvalue weighted by molar-refractivity contribution is -0.738. The van der Waals surface area contributed by atoms with Crippen molar-refractivity contribution in [3.63, 3.8) is 0 Å². The summed E-state index contributed by atoms with van der Waals surface area (Å²) in [6.07, 6.45) is 11.8. The highest BCUT2D eigenvalue weighted by Crippen LogP contribution is 2.44. The van der Waals surface area contributed by atoms with Crippen LogP contribution in [-0.2, 0) is 11.1 Å². The van der Waals surface area contributed by atoms with E-state index in [4.69, 9.17) is 0 Å². The van der Waals surface area contributed by atoms with Crippen molar-refractivity contribution in [3.8, 4) is 33.4 Å². The lowest BCUT2D eigenvalue weighted by atomic mass is 9.42. The Bertz CT molecular complexity index is 2280. The minimum Gasteiger partial charge on any atom is -0.296 e. The van der Waals surface area contributed by atoms with E-state index in [1.807, 2.05) is 0 Å². The largest absolute Gasteiger partial charge is 0.412 e. The van der Waals surface area contributed by atoms with Crippen LogP contribution in [-0.4, -0.2) is 29.2 Å². The molecule has 3 heterocycles. The predicted octanol–water partition coefficient (Wildman–Crippen LogP) is 7.82. The van der Waals surface area contributed by atoms with Gasteiger partial charge < -0.3 is 0 Å². The van der Waals surface area contributed by atoms with E-state index in [1.165, 1.54) is 61.2 Å². The van der Waals surface area contributed by atoms with Crippen molar-refractivity contribution in [2.24, 2.45) is 0 Å². The molecule has 0 spiro atoms. The number of aromatic nitrogens is 2. The highest BCUT2D eigenvalue weighted by molar-refractivity contribution is 6.86. The highest BCUT2D eigenvalue weighted by atomic mass is 15.5. The minimum atomic E-state index is -0.144. The molecular formula is C47H47B2N4+. The first-order chi connectivity index (χ1) is 25.6. The van der Waals surface area contributed by atoms with Crippen LogP contribution >= 0.6 is 0 Å². The second-order valence-electron chi connectivity index (χ2n) is 16.8. The van der Waals surface area contributed by atoms with Crippen molar-refractivity contribution in [2.75, 3.05) is 0 Å². The molecule has 1 N–H and O–H groups in total. The maximum absolute atomic E-state index is 4.33. The first kappa shape index (κ1) is 33.7. The Balaban J connectivity index is 1.34. The molecular weight excluding hydrogens is 642 g/mol. The topological polar surface area (TPSA) is 24.1 Å². The molecule has 0 unspecified atom stereocenters. The maximum Gasteiger partial charge on any atom is 0.412 e. The van der Waals surface area contributed by atoms with Crippen molar-refractivity contribution in [1.29, 1.82) is 0 Å². The number of hydrazine groups is 1. The molecule has 260 valence electrons. The summed E-state index contributed by atoms with van der Waals surface area (Å²) in [6.45, 7) is 13.9. The lowest BCUT2D eigenvalue weighted by Crippen LogP contribution is -2.77. The van der Waals surface area contributed by atoms with Crippen LogP contribution in [0, 0.1) is 0 Å². The second-order valence-corrected chi connectivity index (χ2v) is 16.8. The molecule has 53 heavy (non-hydrogen) atoms. The zero-order chi connectivity index (χ0) is 36.5. The number of allylic oxidation sites excluding steroid dienone is 2. The van der Waals surface area contributed by atoms with Gasteiger partial charge in [0, 0.05) is 6.04 Å². The first-order valence-corrected chi connectivity index (χ1v) is 19.1. The van der Waals surface area contributed by atoms with Gasteiger partial charge in [-0.3, -0.25) is 10.3 Å². The molecule has 2 atom stereocenters. The van der Waals surface area contributed by atoms with Gasteiger partial charge in [-0.15, -0.1) is 0 Å². The fourth-order valence-electron chi connectivity index (χ4n) is 9.21. The molecule has 6 aromatic rings. The standard InChI is InChI=1S/C47H47B2N4/c1-46(2,3)51-31-32-52(47(4,5)6)45(51)49-43-38(35-23-14-9-15-24-35)27-17-28-39(43)40-29-18-30-41-44(40)53(49)50-48(41)42-36(33-19-10-7-11-20-33)25-16-26-37(42)34-21-12-8-13-22-34/h7-32,41,44,50H,1-6H3/q+1/t41-,44+/m1/s1. The Morgan fingerprint density at radius 2 is 1.11 bits per heavy atom. The first-order valence-electron chi connectivity index (χ1n) is 19.1. The molecule has 5 aromatic carbocycles. The van der Waals surface area contributed by atoms with E-state index in [9.17, 15) is 0 Å². The molecule has 2 aliphatic heterocycles. The summed E-state index contributed by atoms with van der Waals surface area (Å²) in [6, 6.07) is 46.8. The van der Waals surface area contributed by atoms with Gasteiger partial charge >= 0.3 is 6.85 Å². The number of imidazole rings is 1. The van der Waals surface area contributed by atoms with Crippen LogP contribution in [0.4, 0.5) is 0 Å². The third-order valence-corrected chi connectivity index (χ3v) is 11.5. The predicted molar refractivity (Wildman–Crippen MR) is 224 cm³/mol. The minimum absolute atomic E-state index is 0.0182. The van der Waals surface area contributed by atoms with Crippen molar-refractivity contribution in [1.82, 2.24) is 14.8 Å². The molecule has 1 fully saturated rings. The van der Waals surface area contributed by atoms with Crippen molar-refractivity contribution < 1.29 is 4.57 Å². The second kappa shape index (κ2) is 12.8. The molecule has 3 aliphatic rings. The quantitative estimate of drug-likeness (QED) is 0.148. The van der Waals surface area contributed by atoms with Crippen molar-refractivity contribution in [2.45, 2.75) is 64.5 Å². The molecule has 1 aliphatic carbocycles. The van der Waals surface area contributed by atoms with Crippen LogP contribution < -0.4 is 26.6 Å². The molecule has 0 radical (unpaired) electrons. The van der Waals surface area contributed by atoms with Gasteiger partial charge in [-0.2, -0.15) is 0 Å². The summed E-state index contributed by atoms with van der Waals surface area (Å²) in [5.41, 5.74) is 14.0. The fraction of sp³-hybridized carbons (Fsp3) is 0.213. The Kier molecular flexibility index (Phi) is 8.10. The van der Waals surface area contributed by atoms with Gasteiger partial charge in [0.25, 0.3) is 6.85 Å². The fourth-order valence-corrected chi connectivity index (χ4v) is 9.21. The average Bonchev–Trinajstić information content (AvgIpc) is 3.80. The summed E-state index contributed by atoms with van der Waals surface area (Å²) >= 11 is 0. The number of hydrogen-bond donors (Lipinski definition) is 1. The van der Waals surface area contributed by atoms with E-state index in [-0.39, 0.29) is 36.6 Å². The summed E-state index contributed by atoms with van der Waals surface area (Å²) in [4.78, 5) is 2.65. The van der Waals surface area contributed by atoms with Gasteiger partial charge in [-0.25, -0.2) is 9.13 Å². The molecule has 0 amide bonds. The number of hydrogen-bond acceptors (Lipinski definition) is 2. The summed E-state index contributed by atoms with van der Waals surface area (Å²) in [5, 5.41) is 4.33. The van der Waals surface area contributed by atoms with E-state index in [2.05, 4.69) is 219 Å². The number of benzene rings is 5. The van der Waals surface area contributed by atoms with Crippen molar-refractivity contribution in [3.05, 3.63) is 164 Å². The van der Waals surface area contributed by atoms with E-state index in [0.29, 0.717) is 0 Å². The zero-order valence-electron chi connectivity index (χ0n) is 31.7. The third kappa shape index (κ3) is 5.59. The zero-order valence-corrected chi connectivity index (χ0v) is 31.7. The van der Waals surface area contributed by atoms with Crippen molar-refractivity contribution >= 4 is 35.9 Å². The monoisotopic (exact) mass is 689 g/mol. The van der Waals surface area contributed by atoms with Crippen LogP contribution in [0.3, 0.4) is 0 Å². The van der Waals surface area contributed by atoms with E-state index in [0.717, 1.165) is 0 Å². The molecule has 0 bridgehead atoms. The SMILES string of the molecule is CC(C)(C)n1cc[n+](C(C)(C)C)c1B1c2c(cccc2-c2ccccc2)C2=CC=C[C@H]3B(c4c(-c5ccccc5)cccc4-c4ccccc4)NN1[C@@H]23. The van der Waals surface area contributed by atoms with Gasteiger partial charge in [-0.05, 0) is 103 Å². The third-order valence-electron chi connectivity index (χ3n) is 11.5. The van der Waals surface area contributed by atoms with Gasteiger partial charge in [-0.1, -0.05) is 146 Å². The van der Waals surface area contributed by atoms with E-state index in [1.54, 1.807) is 0 Å². The summed E-state index contributed by atoms with van der Waals surface area (Å²) in [7, 11) is 0. The summed E-state index contributed by atoms with van der Waals surface area (Å²) < 4.78 is 5.05. The van der Waals surface area contributed by atoms with E-state index >= 15 is 0 Å². The number of fused-ring (bicyclic) bond motifs is 2. The Morgan fingerprint density at radius 3 is 1.62 bits per heavy atom. The molecule has 6 heteroatoms. The highest BCUT2D eigenvalue weighted by Gasteiger charge is 2.59. The van der Waals surface area contributed by atoms with Crippen LogP contribution in [0.25, 0.3) is 39.0 Å². The molecule has 1 saturated heterocycles. The van der Waals surface area contributed by atoms with Crippen LogP contribution in [0.2, 0.25) is 5.82 Å². The smallest absolute Gasteiger partial charge is 0.296 e. The Hall–Kier alpha value is -5.16. The molecule has 1 aromatic heterocycles. The van der Waals surface area contributed by atoms with Gasteiger partial charge in [0.05, 0.1) is 0 Å². The van der Waals surface area contributed by atoms with Gasteiger partial charge in [0.1, 0.15) is 23.5 Å².